The molecule has 0 aromatic heterocycles. The highest BCUT2D eigenvalue weighted by Crippen LogP contribution is 2.38. The normalized spacial score (nSPS) is 24.7. The first-order chi connectivity index (χ1) is 8.57. The van der Waals surface area contributed by atoms with Gasteiger partial charge in [0.05, 0.1) is 10.0 Å². The Morgan fingerprint density at radius 3 is 2.89 bits per heavy atom. The highest BCUT2D eigenvalue weighted by molar-refractivity contribution is 6.42. The number of aliphatic hydroxyl groups is 1. The highest BCUT2D eigenvalue weighted by atomic mass is 35.5. The summed E-state index contributed by atoms with van der Waals surface area (Å²) in [5, 5.41) is 11.7. The molecule has 1 aliphatic rings. The number of unbranched alkanes of at least 4 members (excludes halogenated alkanes) is 1. The molecular weight excluding hydrogens is 269 g/mol. The second-order valence-corrected chi connectivity index (χ2v) is 5.80. The minimum Gasteiger partial charge on any atom is -0.384 e. The summed E-state index contributed by atoms with van der Waals surface area (Å²) < 4.78 is 0. The van der Waals surface area contributed by atoms with Gasteiger partial charge in [-0.05, 0) is 25.5 Å². The molecule has 1 heterocycles. The number of hydrogen-bond donors (Lipinski definition) is 1. The van der Waals surface area contributed by atoms with Crippen LogP contribution >= 0.6 is 23.2 Å². The Hall–Kier alpha value is -0.280. The average Bonchev–Trinajstić information content (AvgIpc) is 2.73. The van der Waals surface area contributed by atoms with Gasteiger partial charge in [0.15, 0.2) is 0 Å². The van der Waals surface area contributed by atoms with E-state index in [1.807, 2.05) is 12.1 Å². The Bertz CT molecular complexity index is 424. The standard InChI is InChI=1S/C14H19Cl2NO/c1-2-3-8-17-9-7-14(18,10-17)11-5-4-6-12(15)13(11)16/h4-6,18H,2-3,7-10H2,1H3. The predicted octanol–water partition coefficient (Wildman–Crippen LogP) is 3.69. The van der Waals surface area contributed by atoms with Gasteiger partial charge in [-0.15, -0.1) is 0 Å². The Morgan fingerprint density at radius 1 is 1.39 bits per heavy atom. The molecule has 100 valence electrons. The molecule has 4 heteroatoms. The summed E-state index contributed by atoms with van der Waals surface area (Å²) in [7, 11) is 0. The summed E-state index contributed by atoms with van der Waals surface area (Å²) in [5.41, 5.74) is -0.0916. The zero-order chi connectivity index (χ0) is 13.2. The molecular formula is C14H19Cl2NO. The lowest BCUT2D eigenvalue weighted by molar-refractivity contribution is 0.0461. The Labute approximate surface area is 119 Å². The zero-order valence-corrected chi connectivity index (χ0v) is 12.1. The van der Waals surface area contributed by atoms with Crippen LogP contribution in [0.4, 0.5) is 0 Å². The van der Waals surface area contributed by atoms with Gasteiger partial charge < -0.3 is 10.0 Å². The van der Waals surface area contributed by atoms with Crippen molar-refractivity contribution < 1.29 is 5.11 Å². The molecule has 1 aromatic carbocycles. The van der Waals surface area contributed by atoms with Crippen LogP contribution in [-0.4, -0.2) is 29.6 Å². The zero-order valence-electron chi connectivity index (χ0n) is 10.6. The molecule has 2 rings (SSSR count). The number of likely N-dealkylation sites (tertiary alicyclic amines) is 1. The molecule has 1 unspecified atom stereocenters. The molecule has 2 nitrogen and oxygen atoms in total. The summed E-state index contributed by atoms with van der Waals surface area (Å²) in [5.74, 6) is 0. The van der Waals surface area contributed by atoms with Crippen LogP contribution in [-0.2, 0) is 5.60 Å². The van der Waals surface area contributed by atoms with Crippen molar-refractivity contribution >= 4 is 23.2 Å². The lowest BCUT2D eigenvalue weighted by atomic mass is 9.93. The van der Waals surface area contributed by atoms with Crippen LogP contribution in [0.25, 0.3) is 0 Å². The van der Waals surface area contributed by atoms with Gasteiger partial charge in [-0.3, -0.25) is 0 Å². The van der Waals surface area contributed by atoms with Crippen molar-refractivity contribution in [1.82, 2.24) is 4.90 Å². The number of rotatable bonds is 4. The van der Waals surface area contributed by atoms with E-state index in [1.165, 1.54) is 12.8 Å². The van der Waals surface area contributed by atoms with Crippen molar-refractivity contribution in [2.24, 2.45) is 0 Å². The molecule has 1 atom stereocenters. The first kappa shape index (κ1) is 14.1. The van der Waals surface area contributed by atoms with Gasteiger partial charge in [-0.2, -0.15) is 0 Å². The van der Waals surface area contributed by atoms with Gasteiger partial charge in [0.2, 0.25) is 0 Å². The number of β-amino-alcohol motifs (C(OH)–C–C–N with tert-alkyl or cyclic N) is 1. The third kappa shape index (κ3) is 2.83. The number of benzene rings is 1. The average molecular weight is 288 g/mol. The van der Waals surface area contributed by atoms with Crippen molar-refractivity contribution in [2.75, 3.05) is 19.6 Å². The van der Waals surface area contributed by atoms with Crippen LogP contribution in [0.2, 0.25) is 10.0 Å². The maximum Gasteiger partial charge on any atom is 0.105 e. The van der Waals surface area contributed by atoms with E-state index in [4.69, 9.17) is 23.2 Å². The van der Waals surface area contributed by atoms with Crippen LogP contribution in [0.15, 0.2) is 18.2 Å². The van der Waals surface area contributed by atoms with Crippen molar-refractivity contribution in [3.63, 3.8) is 0 Å². The molecule has 1 saturated heterocycles. The summed E-state index contributed by atoms with van der Waals surface area (Å²) in [6.07, 6.45) is 3.06. The number of nitrogens with zero attached hydrogens (tertiary/aromatic N) is 1. The second-order valence-electron chi connectivity index (χ2n) is 5.01. The van der Waals surface area contributed by atoms with Crippen molar-refractivity contribution in [3.05, 3.63) is 33.8 Å². The molecule has 1 N–H and O–H groups in total. The molecule has 0 saturated carbocycles. The molecule has 1 aromatic rings. The fourth-order valence-electron chi connectivity index (χ4n) is 2.53. The van der Waals surface area contributed by atoms with Crippen LogP contribution in [0.5, 0.6) is 0 Å². The van der Waals surface area contributed by atoms with Crippen LogP contribution < -0.4 is 0 Å². The smallest absolute Gasteiger partial charge is 0.105 e. The maximum atomic E-state index is 10.8. The minimum atomic E-state index is -0.851. The van der Waals surface area contributed by atoms with Gasteiger partial charge in [0.25, 0.3) is 0 Å². The first-order valence-electron chi connectivity index (χ1n) is 6.46. The third-order valence-electron chi connectivity index (χ3n) is 3.61. The van der Waals surface area contributed by atoms with Crippen molar-refractivity contribution in [1.29, 1.82) is 0 Å². The summed E-state index contributed by atoms with van der Waals surface area (Å²) in [6.45, 7) is 4.78. The van der Waals surface area contributed by atoms with Gasteiger partial charge in [-0.1, -0.05) is 48.7 Å². The first-order valence-corrected chi connectivity index (χ1v) is 7.21. The highest BCUT2D eigenvalue weighted by Gasteiger charge is 2.38. The van der Waals surface area contributed by atoms with E-state index in [-0.39, 0.29) is 0 Å². The number of halogens is 2. The fraction of sp³-hybridized carbons (Fsp3) is 0.571. The van der Waals surface area contributed by atoms with Gasteiger partial charge in [0.1, 0.15) is 5.60 Å². The van der Waals surface area contributed by atoms with Gasteiger partial charge in [0, 0.05) is 18.7 Å². The predicted molar refractivity (Wildman–Crippen MR) is 76.3 cm³/mol. The van der Waals surface area contributed by atoms with Crippen molar-refractivity contribution in [3.8, 4) is 0 Å². The lowest BCUT2D eigenvalue weighted by Gasteiger charge is -2.25. The van der Waals surface area contributed by atoms with E-state index in [0.717, 1.165) is 25.1 Å². The van der Waals surface area contributed by atoms with E-state index in [2.05, 4.69) is 11.8 Å². The summed E-state index contributed by atoms with van der Waals surface area (Å²) in [6, 6.07) is 5.47. The Morgan fingerprint density at radius 2 is 2.17 bits per heavy atom. The monoisotopic (exact) mass is 287 g/mol. The van der Waals surface area contributed by atoms with E-state index >= 15 is 0 Å². The summed E-state index contributed by atoms with van der Waals surface area (Å²) >= 11 is 12.2. The lowest BCUT2D eigenvalue weighted by Crippen LogP contribution is -2.31. The summed E-state index contributed by atoms with van der Waals surface area (Å²) in [4.78, 5) is 2.29. The van der Waals surface area contributed by atoms with Crippen LogP contribution in [0, 0.1) is 0 Å². The van der Waals surface area contributed by atoms with Gasteiger partial charge in [-0.25, -0.2) is 0 Å². The number of hydrogen-bond acceptors (Lipinski definition) is 2. The van der Waals surface area contributed by atoms with Crippen LogP contribution in [0.3, 0.4) is 0 Å². The quantitative estimate of drug-likeness (QED) is 0.913. The van der Waals surface area contributed by atoms with E-state index in [9.17, 15) is 5.11 Å². The SMILES string of the molecule is CCCCN1CCC(O)(c2cccc(Cl)c2Cl)C1. The molecule has 0 bridgehead atoms. The fourth-order valence-corrected chi connectivity index (χ4v) is 3.00. The van der Waals surface area contributed by atoms with Crippen molar-refractivity contribution in [2.45, 2.75) is 31.8 Å². The van der Waals surface area contributed by atoms with E-state index in [0.29, 0.717) is 16.6 Å². The molecule has 1 fully saturated rings. The maximum absolute atomic E-state index is 10.8. The molecule has 1 aliphatic heterocycles. The molecule has 0 spiro atoms. The largest absolute Gasteiger partial charge is 0.384 e. The molecule has 0 aliphatic carbocycles. The van der Waals surface area contributed by atoms with E-state index < -0.39 is 5.60 Å². The topological polar surface area (TPSA) is 23.5 Å². The second kappa shape index (κ2) is 5.79. The molecule has 18 heavy (non-hydrogen) atoms. The van der Waals surface area contributed by atoms with E-state index in [1.54, 1.807) is 6.07 Å². The molecule has 0 amide bonds. The third-order valence-corrected chi connectivity index (χ3v) is 4.43. The van der Waals surface area contributed by atoms with Gasteiger partial charge >= 0.3 is 0 Å². The van der Waals surface area contributed by atoms with Crippen LogP contribution in [0.1, 0.15) is 31.7 Å². The Balaban J connectivity index is 2.15. The molecule has 0 radical (unpaired) electrons. The minimum absolute atomic E-state index is 0.485. The Kier molecular flexibility index (Phi) is 4.54.